The smallest absolute Gasteiger partial charge is 0.121 e. The SMILES string of the molecule is CCNCCCCOc1ccc2cccnc2c1. The number of pyridine rings is 1. The number of benzene rings is 1. The van der Waals surface area contributed by atoms with Crippen molar-refractivity contribution in [2.45, 2.75) is 19.8 Å². The van der Waals surface area contributed by atoms with Crippen molar-refractivity contribution in [3.63, 3.8) is 0 Å². The van der Waals surface area contributed by atoms with Gasteiger partial charge in [0.1, 0.15) is 5.75 Å². The minimum atomic E-state index is 0.768. The van der Waals surface area contributed by atoms with Crippen LogP contribution in [-0.4, -0.2) is 24.7 Å². The summed E-state index contributed by atoms with van der Waals surface area (Å²) >= 11 is 0. The molecule has 0 atom stereocenters. The molecule has 3 heteroatoms. The van der Waals surface area contributed by atoms with Crippen LogP contribution in [0, 0.1) is 0 Å². The molecule has 0 aliphatic heterocycles. The van der Waals surface area contributed by atoms with Gasteiger partial charge in [0.15, 0.2) is 0 Å². The monoisotopic (exact) mass is 244 g/mol. The highest BCUT2D eigenvalue weighted by atomic mass is 16.5. The average Bonchev–Trinajstić information content (AvgIpc) is 2.42. The van der Waals surface area contributed by atoms with E-state index in [9.17, 15) is 0 Å². The van der Waals surface area contributed by atoms with Gasteiger partial charge in [0, 0.05) is 17.6 Å². The van der Waals surface area contributed by atoms with E-state index < -0.39 is 0 Å². The predicted octanol–water partition coefficient (Wildman–Crippen LogP) is 3.00. The van der Waals surface area contributed by atoms with Crippen LogP contribution in [-0.2, 0) is 0 Å². The lowest BCUT2D eigenvalue weighted by Gasteiger charge is -2.07. The molecule has 0 radical (unpaired) electrons. The van der Waals surface area contributed by atoms with Gasteiger partial charge in [0.2, 0.25) is 0 Å². The largest absolute Gasteiger partial charge is 0.494 e. The Morgan fingerprint density at radius 2 is 2.17 bits per heavy atom. The van der Waals surface area contributed by atoms with Crippen molar-refractivity contribution in [2.24, 2.45) is 0 Å². The fourth-order valence-electron chi connectivity index (χ4n) is 1.85. The number of fused-ring (bicyclic) bond motifs is 1. The average molecular weight is 244 g/mol. The van der Waals surface area contributed by atoms with Crippen LogP contribution in [0.5, 0.6) is 5.75 Å². The molecule has 1 aromatic carbocycles. The van der Waals surface area contributed by atoms with Gasteiger partial charge >= 0.3 is 0 Å². The predicted molar refractivity (Wildman–Crippen MR) is 75.0 cm³/mol. The van der Waals surface area contributed by atoms with E-state index in [0.717, 1.165) is 49.2 Å². The Balaban J connectivity index is 1.81. The van der Waals surface area contributed by atoms with E-state index in [1.54, 1.807) is 0 Å². The molecule has 3 nitrogen and oxygen atoms in total. The van der Waals surface area contributed by atoms with Gasteiger partial charge in [-0.3, -0.25) is 4.98 Å². The van der Waals surface area contributed by atoms with Gasteiger partial charge < -0.3 is 10.1 Å². The van der Waals surface area contributed by atoms with Gasteiger partial charge in [0.05, 0.1) is 12.1 Å². The summed E-state index contributed by atoms with van der Waals surface area (Å²) in [5.74, 6) is 0.907. The first-order valence-electron chi connectivity index (χ1n) is 6.58. The molecule has 2 aromatic rings. The Kier molecular flexibility index (Phi) is 4.97. The number of hydrogen-bond donors (Lipinski definition) is 1. The quantitative estimate of drug-likeness (QED) is 0.760. The topological polar surface area (TPSA) is 34.1 Å². The molecule has 0 aliphatic carbocycles. The lowest BCUT2D eigenvalue weighted by atomic mass is 10.2. The first-order chi connectivity index (χ1) is 8.90. The number of aromatic nitrogens is 1. The number of nitrogens with zero attached hydrogens (tertiary/aromatic N) is 1. The molecule has 18 heavy (non-hydrogen) atoms. The van der Waals surface area contributed by atoms with Crippen molar-refractivity contribution < 1.29 is 4.74 Å². The molecule has 0 spiro atoms. The Labute approximate surface area is 108 Å². The summed E-state index contributed by atoms with van der Waals surface area (Å²) in [6.07, 6.45) is 4.04. The van der Waals surface area contributed by atoms with Crippen LogP contribution in [0.15, 0.2) is 36.5 Å². The van der Waals surface area contributed by atoms with E-state index in [2.05, 4.69) is 29.4 Å². The molecule has 1 heterocycles. The third kappa shape index (κ3) is 3.70. The molecule has 0 aliphatic rings. The second-order valence-corrected chi connectivity index (χ2v) is 4.27. The number of unbranched alkanes of at least 4 members (excludes halogenated alkanes) is 1. The molecule has 2 rings (SSSR count). The third-order valence-corrected chi connectivity index (χ3v) is 2.84. The Hall–Kier alpha value is -1.61. The van der Waals surface area contributed by atoms with Gasteiger partial charge in [-0.2, -0.15) is 0 Å². The van der Waals surface area contributed by atoms with Crippen molar-refractivity contribution >= 4 is 10.9 Å². The molecular formula is C15H20N2O. The second kappa shape index (κ2) is 6.97. The summed E-state index contributed by atoms with van der Waals surface area (Å²) in [5.41, 5.74) is 0.989. The molecule has 1 N–H and O–H groups in total. The number of nitrogens with one attached hydrogen (secondary N) is 1. The van der Waals surface area contributed by atoms with E-state index in [1.807, 2.05) is 24.4 Å². The van der Waals surface area contributed by atoms with E-state index in [0.29, 0.717) is 0 Å². The Morgan fingerprint density at radius 3 is 3.06 bits per heavy atom. The zero-order chi connectivity index (χ0) is 12.6. The number of ether oxygens (including phenoxy) is 1. The number of rotatable bonds is 7. The van der Waals surface area contributed by atoms with Crippen molar-refractivity contribution in [2.75, 3.05) is 19.7 Å². The Morgan fingerprint density at radius 1 is 1.22 bits per heavy atom. The fraction of sp³-hybridized carbons (Fsp3) is 0.400. The summed E-state index contributed by atoms with van der Waals surface area (Å²) in [7, 11) is 0. The lowest BCUT2D eigenvalue weighted by Crippen LogP contribution is -2.14. The van der Waals surface area contributed by atoms with Crippen molar-refractivity contribution in [3.8, 4) is 5.75 Å². The van der Waals surface area contributed by atoms with E-state index >= 15 is 0 Å². The fourth-order valence-corrected chi connectivity index (χ4v) is 1.85. The Bertz CT molecular complexity index is 485. The van der Waals surface area contributed by atoms with Gasteiger partial charge in [-0.25, -0.2) is 0 Å². The maximum Gasteiger partial charge on any atom is 0.121 e. The van der Waals surface area contributed by atoms with Crippen LogP contribution in [0.4, 0.5) is 0 Å². The standard InChI is InChI=1S/C15H20N2O/c1-2-16-9-3-4-11-18-14-8-7-13-6-5-10-17-15(13)12-14/h5-8,10,12,16H,2-4,9,11H2,1H3. The van der Waals surface area contributed by atoms with Crippen LogP contribution in [0.2, 0.25) is 0 Å². The van der Waals surface area contributed by atoms with Crippen LogP contribution in [0.1, 0.15) is 19.8 Å². The zero-order valence-corrected chi connectivity index (χ0v) is 10.9. The van der Waals surface area contributed by atoms with Gasteiger partial charge in [-0.15, -0.1) is 0 Å². The maximum absolute atomic E-state index is 5.73. The molecule has 1 aromatic heterocycles. The van der Waals surface area contributed by atoms with E-state index in [1.165, 1.54) is 0 Å². The lowest BCUT2D eigenvalue weighted by molar-refractivity contribution is 0.306. The first-order valence-corrected chi connectivity index (χ1v) is 6.58. The van der Waals surface area contributed by atoms with Crippen LogP contribution in [0.3, 0.4) is 0 Å². The van der Waals surface area contributed by atoms with Crippen molar-refractivity contribution in [1.82, 2.24) is 10.3 Å². The van der Waals surface area contributed by atoms with Crippen molar-refractivity contribution in [3.05, 3.63) is 36.5 Å². The van der Waals surface area contributed by atoms with E-state index in [-0.39, 0.29) is 0 Å². The molecule has 0 saturated heterocycles. The minimum absolute atomic E-state index is 0.768. The van der Waals surface area contributed by atoms with Gasteiger partial charge in [-0.1, -0.05) is 13.0 Å². The highest BCUT2D eigenvalue weighted by Gasteiger charge is 1.97. The summed E-state index contributed by atoms with van der Waals surface area (Å²) in [4.78, 5) is 4.32. The van der Waals surface area contributed by atoms with E-state index in [4.69, 9.17) is 4.74 Å². The molecule has 0 saturated carbocycles. The summed E-state index contributed by atoms with van der Waals surface area (Å²) in [6, 6.07) is 10.1. The normalized spacial score (nSPS) is 10.7. The highest BCUT2D eigenvalue weighted by molar-refractivity contribution is 5.79. The summed E-state index contributed by atoms with van der Waals surface area (Å²) < 4.78 is 5.73. The molecular weight excluding hydrogens is 224 g/mol. The molecule has 0 fully saturated rings. The van der Waals surface area contributed by atoms with Crippen LogP contribution >= 0.6 is 0 Å². The molecule has 96 valence electrons. The number of hydrogen-bond acceptors (Lipinski definition) is 3. The third-order valence-electron chi connectivity index (χ3n) is 2.84. The zero-order valence-electron chi connectivity index (χ0n) is 10.9. The van der Waals surface area contributed by atoms with Gasteiger partial charge in [-0.05, 0) is 44.1 Å². The van der Waals surface area contributed by atoms with Gasteiger partial charge in [0.25, 0.3) is 0 Å². The molecule has 0 unspecified atom stereocenters. The summed E-state index contributed by atoms with van der Waals surface area (Å²) in [6.45, 7) is 5.00. The maximum atomic E-state index is 5.73. The first kappa shape index (κ1) is 12.8. The second-order valence-electron chi connectivity index (χ2n) is 4.27. The van der Waals surface area contributed by atoms with Crippen molar-refractivity contribution in [1.29, 1.82) is 0 Å². The highest BCUT2D eigenvalue weighted by Crippen LogP contribution is 2.18. The molecule has 0 amide bonds. The van der Waals surface area contributed by atoms with Crippen LogP contribution in [0.25, 0.3) is 10.9 Å². The summed E-state index contributed by atoms with van der Waals surface area (Å²) in [5, 5.41) is 4.46. The molecule has 0 bridgehead atoms. The van der Waals surface area contributed by atoms with Crippen LogP contribution < -0.4 is 10.1 Å². The minimum Gasteiger partial charge on any atom is -0.494 e.